The van der Waals surface area contributed by atoms with Crippen LogP contribution in [0.1, 0.15) is 11.3 Å². The Morgan fingerprint density at radius 3 is 3.17 bits per heavy atom. The second-order valence-electron chi connectivity index (χ2n) is 2.61. The minimum atomic E-state index is -0.00759. The number of hydrogen-bond donors (Lipinski definition) is 1. The molecule has 0 unspecified atom stereocenters. The lowest BCUT2D eigenvalue weighted by atomic mass is 10.3. The van der Waals surface area contributed by atoms with Gasteiger partial charge in [-0.25, -0.2) is 9.50 Å². The Kier molecular flexibility index (Phi) is 1.55. The zero-order valence-electron chi connectivity index (χ0n) is 6.73. The quantitative estimate of drug-likeness (QED) is 0.667. The zero-order valence-corrected chi connectivity index (χ0v) is 6.73. The molecule has 0 radical (unpaired) electrons. The van der Waals surface area contributed by atoms with Crippen LogP contribution in [0.2, 0.25) is 0 Å². The van der Waals surface area contributed by atoms with Crippen molar-refractivity contribution in [2.75, 3.05) is 0 Å². The molecule has 0 saturated carbocycles. The van der Waals surface area contributed by atoms with Crippen LogP contribution in [0.4, 0.5) is 0 Å². The molecule has 0 amide bonds. The fraction of sp³-hybridized carbons (Fsp3) is 0.250. The van der Waals surface area contributed by atoms with Gasteiger partial charge in [0.1, 0.15) is 0 Å². The fourth-order valence-electron chi connectivity index (χ4n) is 1.23. The fourth-order valence-corrected chi connectivity index (χ4v) is 1.23. The highest BCUT2D eigenvalue weighted by Crippen LogP contribution is 2.11. The average molecular weight is 163 g/mol. The molecule has 0 aliphatic heterocycles. The Bertz CT molecular complexity index is 408. The monoisotopic (exact) mass is 163 g/mol. The summed E-state index contributed by atoms with van der Waals surface area (Å²) in [7, 11) is 0. The minimum Gasteiger partial charge on any atom is -0.391 e. The molecule has 2 heterocycles. The predicted octanol–water partition coefficient (Wildman–Crippen LogP) is 0.530. The van der Waals surface area contributed by atoms with Crippen molar-refractivity contribution in [3.05, 3.63) is 29.7 Å². The molecule has 0 atom stereocenters. The van der Waals surface area contributed by atoms with Crippen molar-refractivity contribution in [2.24, 2.45) is 0 Å². The van der Waals surface area contributed by atoms with Crippen LogP contribution in [0.3, 0.4) is 0 Å². The third-order valence-corrected chi connectivity index (χ3v) is 1.85. The van der Waals surface area contributed by atoms with Gasteiger partial charge in [0.15, 0.2) is 5.65 Å². The van der Waals surface area contributed by atoms with Crippen LogP contribution in [-0.4, -0.2) is 19.7 Å². The minimum absolute atomic E-state index is 0.00759. The normalized spacial score (nSPS) is 10.8. The Morgan fingerprint density at radius 2 is 2.42 bits per heavy atom. The summed E-state index contributed by atoms with van der Waals surface area (Å²) in [6.45, 7) is 1.85. The van der Waals surface area contributed by atoms with E-state index in [1.165, 1.54) is 0 Å². The maximum Gasteiger partial charge on any atom is 0.160 e. The van der Waals surface area contributed by atoms with Crippen LogP contribution >= 0.6 is 0 Å². The van der Waals surface area contributed by atoms with Crippen LogP contribution in [0.5, 0.6) is 0 Å². The lowest BCUT2D eigenvalue weighted by Gasteiger charge is -1.91. The van der Waals surface area contributed by atoms with E-state index in [4.69, 9.17) is 5.11 Å². The smallest absolute Gasteiger partial charge is 0.160 e. The van der Waals surface area contributed by atoms with Gasteiger partial charge in [-0.1, -0.05) is 0 Å². The van der Waals surface area contributed by atoms with E-state index in [0.717, 1.165) is 16.9 Å². The van der Waals surface area contributed by atoms with Crippen LogP contribution < -0.4 is 0 Å². The third-order valence-electron chi connectivity index (χ3n) is 1.85. The summed E-state index contributed by atoms with van der Waals surface area (Å²) in [4.78, 5) is 4.11. The number of aliphatic hydroxyl groups excluding tert-OH is 1. The van der Waals surface area contributed by atoms with E-state index in [1.807, 2.05) is 13.1 Å². The Morgan fingerprint density at radius 1 is 1.58 bits per heavy atom. The Hall–Kier alpha value is -1.42. The lowest BCUT2D eigenvalue weighted by Crippen LogP contribution is -1.88. The van der Waals surface area contributed by atoms with Gasteiger partial charge >= 0.3 is 0 Å². The molecule has 2 aromatic heterocycles. The van der Waals surface area contributed by atoms with Gasteiger partial charge in [-0.3, -0.25) is 0 Å². The van der Waals surface area contributed by atoms with Crippen LogP contribution in [0.25, 0.3) is 5.65 Å². The topological polar surface area (TPSA) is 50.4 Å². The molecule has 0 spiro atoms. The summed E-state index contributed by atoms with van der Waals surface area (Å²) in [6.07, 6.45) is 3.50. The molecule has 2 aromatic rings. The van der Waals surface area contributed by atoms with Gasteiger partial charge in [0.25, 0.3) is 0 Å². The number of rotatable bonds is 1. The van der Waals surface area contributed by atoms with Crippen molar-refractivity contribution in [2.45, 2.75) is 13.5 Å². The van der Waals surface area contributed by atoms with E-state index < -0.39 is 0 Å². The summed E-state index contributed by atoms with van der Waals surface area (Å²) in [5, 5.41) is 13.2. The van der Waals surface area contributed by atoms with E-state index in [2.05, 4.69) is 10.1 Å². The molecule has 0 aliphatic carbocycles. The Balaban J connectivity index is 2.81. The first-order valence-electron chi connectivity index (χ1n) is 3.72. The van der Waals surface area contributed by atoms with Gasteiger partial charge in [0.05, 0.1) is 12.3 Å². The summed E-state index contributed by atoms with van der Waals surface area (Å²) in [5.74, 6) is 0. The molecular formula is C8H9N3O. The van der Waals surface area contributed by atoms with E-state index in [9.17, 15) is 0 Å². The zero-order chi connectivity index (χ0) is 8.55. The maximum absolute atomic E-state index is 9.01. The molecule has 1 N–H and O–H groups in total. The highest BCUT2D eigenvalue weighted by Gasteiger charge is 2.07. The first kappa shape index (κ1) is 7.24. The summed E-state index contributed by atoms with van der Waals surface area (Å²) in [5.41, 5.74) is 2.37. The lowest BCUT2D eigenvalue weighted by molar-refractivity contribution is 0.282. The van der Waals surface area contributed by atoms with E-state index in [0.29, 0.717) is 0 Å². The van der Waals surface area contributed by atoms with Gasteiger partial charge in [-0.2, -0.15) is 5.10 Å². The Labute approximate surface area is 69.5 Å². The first-order chi connectivity index (χ1) is 5.83. The summed E-state index contributed by atoms with van der Waals surface area (Å²) >= 11 is 0. The highest BCUT2D eigenvalue weighted by atomic mass is 16.3. The predicted molar refractivity (Wildman–Crippen MR) is 43.6 cm³/mol. The molecule has 62 valence electrons. The molecule has 0 aromatic carbocycles. The SMILES string of the molecule is Cc1nn2cccnc2c1CO. The summed E-state index contributed by atoms with van der Waals surface area (Å²) in [6, 6.07) is 1.81. The van der Waals surface area contributed by atoms with Crippen molar-refractivity contribution in [3.8, 4) is 0 Å². The number of fused-ring (bicyclic) bond motifs is 1. The van der Waals surface area contributed by atoms with E-state index >= 15 is 0 Å². The standard InChI is InChI=1S/C8H9N3O/c1-6-7(5-12)8-9-3-2-4-11(8)10-6/h2-4,12H,5H2,1H3. The van der Waals surface area contributed by atoms with Crippen molar-refractivity contribution in [1.82, 2.24) is 14.6 Å². The number of aryl methyl sites for hydroxylation is 1. The molecule has 0 aliphatic rings. The second-order valence-corrected chi connectivity index (χ2v) is 2.61. The van der Waals surface area contributed by atoms with Gasteiger partial charge < -0.3 is 5.11 Å². The van der Waals surface area contributed by atoms with Crippen LogP contribution in [0.15, 0.2) is 18.5 Å². The molecule has 2 rings (SSSR count). The molecule has 0 saturated heterocycles. The average Bonchev–Trinajstić information content (AvgIpc) is 2.40. The van der Waals surface area contributed by atoms with Crippen LogP contribution in [0, 0.1) is 6.92 Å². The number of hydrogen-bond acceptors (Lipinski definition) is 3. The van der Waals surface area contributed by atoms with Crippen molar-refractivity contribution < 1.29 is 5.11 Å². The molecular weight excluding hydrogens is 154 g/mol. The first-order valence-corrected chi connectivity index (χ1v) is 3.72. The third kappa shape index (κ3) is 0.887. The second kappa shape index (κ2) is 2.57. The van der Waals surface area contributed by atoms with Crippen molar-refractivity contribution in [3.63, 3.8) is 0 Å². The van der Waals surface area contributed by atoms with Crippen molar-refractivity contribution in [1.29, 1.82) is 0 Å². The number of aromatic nitrogens is 3. The molecule has 0 fully saturated rings. The molecule has 4 nitrogen and oxygen atoms in total. The van der Waals surface area contributed by atoms with Crippen molar-refractivity contribution >= 4 is 5.65 Å². The van der Waals surface area contributed by atoms with Gasteiger partial charge in [-0.05, 0) is 13.0 Å². The molecule has 0 bridgehead atoms. The summed E-state index contributed by atoms with van der Waals surface area (Å²) < 4.78 is 1.67. The van der Waals surface area contributed by atoms with E-state index in [-0.39, 0.29) is 6.61 Å². The van der Waals surface area contributed by atoms with Crippen LogP contribution in [-0.2, 0) is 6.61 Å². The number of nitrogens with zero attached hydrogens (tertiary/aromatic N) is 3. The van der Waals surface area contributed by atoms with E-state index in [1.54, 1.807) is 16.8 Å². The largest absolute Gasteiger partial charge is 0.391 e. The highest BCUT2D eigenvalue weighted by molar-refractivity contribution is 5.48. The van der Waals surface area contributed by atoms with Gasteiger partial charge in [0, 0.05) is 18.0 Å². The maximum atomic E-state index is 9.01. The molecule has 12 heavy (non-hydrogen) atoms. The molecule has 4 heteroatoms. The van der Waals surface area contributed by atoms with Gasteiger partial charge in [-0.15, -0.1) is 0 Å². The number of aliphatic hydroxyl groups is 1. The van der Waals surface area contributed by atoms with Gasteiger partial charge in [0.2, 0.25) is 0 Å².